The summed E-state index contributed by atoms with van der Waals surface area (Å²) < 4.78 is 5.00. The second-order valence-corrected chi connectivity index (χ2v) is 3.72. The van der Waals surface area contributed by atoms with E-state index in [1.54, 1.807) is 28.6 Å². The zero-order chi connectivity index (χ0) is 11.5. The molecule has 0 atom stereocenters. The van der Waals surface area contributed by atoms with Crippen molar-refractivity contribution in [2.75, 3.05) is 0 Å². The molecule has 0 bridgehead atoms. The maximum absolute atomic E-state index is 11.6. The van der Waals surface area contributed by atoms with E-state index in [1.165, 1.54) is 6.33 Å². The summed E-state index contributed by atoms with van der Waals surface area (Å²) in [6.07, 6.45) is 6.02. The first-order chi connectivity index (χ1) is 7.72. The van der Waals surface area contributed by atoms with Crippen molar-refractivity contribution >= 4 is 0 Å². The fourth-order valence-electron chi connectivity index (χ4n) is 1.59. The molecule has 2 aromatic heterocycles. The van der Waals surface area contributed by atoms with Crippen LogP contribution < -0.4 is 5.69 Å². The Morgan fingerprint density at radius 1 is 1.38 bits per heavy atom. The van der Waals surface area contributed by atoms with E-state index in [0.29, 0.717) is 6.54 Å². The highest BCUT2D eigenvalue weighted by atomic mass is 16.1. The van der Waals surface area contributed by atoms with Gasteiger partial charge in [0, 0.05) is 26.0 Å². The van der Waals surface area contributed by atoms with Crippen LogP contribution in [0.5, 0.6) is 0 Å². The van der Waals surface area contributed by atoms with Gasteiger partial charge in [-0.15, -0.1) is 0 Å². The topological polar surface area (TPSA) is 57.6 Å². The van der Waals surface area contributed by atoms with Gasteiger partial charge in [0.2, 0.25) is 0 Å². The van der Waals surface area contributed by atoms with Gasteiger partial charge in [0.1, 0.15) is 12.2 Å². The average molecular weight is 221 g/mol. The molecule has 2 rings (SSSR count). The van der Waals surface area contributed by atoms with Crippen molar-refractivity contribution in [1.82, 2.24) is 23.9 Å². The largest absolute Gasteiger partial charge is 0.328 e. The third kappa shape index (κ3) is 1.91. The lowest BCUT2D eigenvalue weighted by atomic mass is 10.4. The van der Waals surface area contributed by atoms with Crippen molar-refractivity contribution in [3.05, 3.63) is 35.0 Å². The van der Waals surface area contributed by atoms with Gasteiger partial charge in [0.25, 0.3) is 0 Å². The highest BCUT2D eigenvalue weighted by molar-refractivity contribution is 4.90. The van der Waals surface area contributed by atoms with Crippen molar-refractivity contribution in [3.8, 4) is 0 Å². The molecule has 0 aromatic carbocycles. The predicted octanol–water partition coefficient (Wildman–Crippen LogP) is 0.237. The summed E-state index contributed by atoms with van der Waals surface area (Å²) in [7, 11) is 1.73. The molecule has 86 valence electrons. The van der Waals surface area contributed by atoms with Gasteiger partial charge < -0.3 is 4.57 Å². The van der Waals surface area contributed by atoms with E-state index in [2.05, 4.69) is 17.0 Å². The summed E-state index contributed by atoms with van der Waals surface area (Å²) in [4.78, 5) is 15.8. The summed E-state index contributed by atoms with van der Waals surface area (Å²) in [6.45, 7) is 3.39. The van der Waals surface area contributed by atoms with Crippen LogP contribution in [-0.2, 0) is 20.1 Å². The number of imidazole rings is 1. The van der Waals surface area contributed by atoms with E-state index < -0.39 is 0 Å². The van der Waals surface area contributed by atoms with Crippen LogP contribution in [0.25, 0.3) is 0 Å². The number of hydrogen-bond donors (Lipinski definition) is 0. The summed E-state index contributed by atoms with van der Waals surface area (Å²) >= 11 is 0. The first-order valence-electron chi connectivity index (χ1n) is 5.31. The normalized spacial score (nSPS) is 10.9. The fourth-order valence-corrected chi connectivity index (χ4v) is 1.59. The van der Waals surface area contributed by atoms with Crippen LogP contribution in [0.4, 0.5) is 0 Å². The van der Waals surface area contributed by atoms with Crippen molar-refractivity contribution < 1.29 is 0 Å². The number of nitrogens with zero attached hydrogens (tertiary/aromatic N) is 5. The molecule has 2 heterocycles. The van der Waals surface area contributed by atoms with E-state index in [0.717, 1.165) is 18.8 Å². The minimum Gasteiger partial charge on any atom is -0.302 e. The summed E-state index contributed by atoms with van der Waals surface area (Å²) in [5.41, 5.74) is -0.0361. The lowest BCUT2D eigenvalue weighted by Crippen LogP contribution is -2.23. The second-order valence-electron chi connectivity index (χ2n) is 3.72. The monoisotopic (exact) mass is 221 g/mol. The molecule has 0 saturated carbocycles. The smallest absolute Gasteiger partial charge is 0.302 e. The minimum atomic E-state index is -0.0361. The third-order valence-corrected chi connectivity index (χ3v) is 2.46. The van der Waals surface area contributed by atoms with Crippen LogP contribution >= 0.6 is 0 Å². The van der Waals surface area contributed by atoms with Crippen LogP contribution in [0.3, 0.4) is 0 Å². The van der Waals surface area contributed by atoms with E-state index in [1.807, 2.05) is 4.68 Å². The molecule has 0 N–H and O–H groups in total. The van der Waals surface area contributed by atoms with Crippen molar-refractivity contribution in [3.63, 3.8) is 0 Å². The molecule has 0 aliphatic carbocycles. The summed E-state index contributed by atoms with van der Waals surface area (Å²) in [5.74, 6) is 0.815. The maximum atomic E-state index is 11.6. The van der Waals surface area contributed by atoms with Crippen LogP contribution in [0, 0.1) is 0 Å². The van der Waals surface area contributed by atoms with Gasteiger partial charge in [-0.2, -0.15) is 5.10 Å². The Labute approximate surface area is 93.2 Å². The molecular formula is C10H15N5O. The number of rotatable bonds is 4. The number of aromatic nitrogens is 5. The van der Waals surface area contributed by atoms with Gasteiger partial charge in [-0.25, -0.2) is 14.5 Å². The Morgan fingerprint density at radius 2 is 2.19 bits per heavy atom. The molecule has 0 amide bonds. The molecule has 0 radical (unpaired) electrons. The van der Waals surface area contributed by atoms with E-state index >= 15 is 0 Å². The molecular weight excluding hydrogens is 206 g/mol. The maximum Gasteiger partial charge on any atom is 0.328 e. The summed E-state index contributed by atoms with van der Waals surface area (Å²) in [5, 5.41) is 4.12. The Bertz CT molecular complexity index is 521. The van der Waals surface area contributed by atoms with Crippen LogP contribution in [0.1, 0.15) is 19.2 Å². The van der Waals surface area contributed by atoms with Gasteiger partial charge in [0.05, 0.1) is 6.54 Å². The van der Waals surface area contributed by atoms with Gasteiger partial charge >= 0.3 is 5.69 Å². The minimum absolute atomic E-state index is 0.0361. The van der Waals surface area contributed by atoms with Gasteiger partial charge in [-0.1, -0.05) is 6.92 Å². The Morgan fingerprint density at radius 3 is 2.81 bits per heavy atom. The first kappa shape index (κ1) is 10.7. The SMILES string of the molecule is CCCn1ncnc1Cn1ccn(C)c1=O. The predicted molar refractivity (Wildman–Crippen MR) is 59.1 cm³/mol. The van der Waals surface area contributed by atoms with Gasteiger partial charge in [-0.05, 0) is 6.42 Å². The molecule has 0 aliphatic rings. The van der Waals surface area contributed by atoms with Gasteiger partial charge in [-0.3, -0.25) is 4.57 Å². The van der Waals surface area contributed by atoms with E-state index in [9.17, 15) is 4.79 Å². The van der Waals surface area contributed by atoms with E-state index in [-0.39, 0.29) is 5.69 Å². The van der Waals surface area contributed by atoms with E-state index in [4.69, 9.17) is 0 Å². The molecule has 0 unspecified atom stereocenters. The zero-order valence-corrected chi connectivity index (χ0v) is 9.50. The zero-order valence-electron chi connectivity index (χ0n) is 9.50. The lowest BCUT2D eigenvalue weighted by Gasteiger charge is -2.04. The first-order valence-corrected chi connectivity index (χ1v) is 5.31. The Hall–Kier alpha value is -1.85. The molecule has 0 aliphatic heterocycles. The average Bonchev–Trinajstić information content (AvgIpc) is 2.82. The van der Waals surface area contributed by atoms with Crippen molar-refractivity contribution in [1.29, 1.82) is 0 Å². The highest BCUT2D eigenvalue weighted by Crippen LogP contribution is 1.98. The second kappa shape index (κ2) is 4.34. The molecule has 6 nitrogen and oxygen atoms in total. The Kier molecular flexibility index (Phi) is 2.89. The van der Waals surface area contributed by atoms with Crippen LogP contribution in [-0.4, -0.2) is 23.9 Å². The quantitative estimate of drug-likeness (QED) is 0.743. The molecule has 0 spiro atoms. The van der Waals surface area contributed by atoms with Gasteiger partial charge in [0.15, 0.2) is 0 Å². The molecule has 0 saturated heterocycles. The van der Waals surface area contributed by atoms with Crippen LogP contribution in [0.2, 0.25) is 0 Å². The van der Waals surface area contributed by atoms with Crippen molar-refractivity contribution in [2.24, 2.45) is 7.05 Å². The van der Waals surface area contributed by atoms with Crippen molar-refractivity contribution in [2.45, 2.75) is 26.4 Å². The molecule has 2 aromatic rings. The molecule has 16 heavy (non-hydrogen) atoms. The molecule has 0 fully saturated rings. The highest BCUT2D eigenvalue weighted by Gasteiger charge is 2.06. The lowest BCUT2D eigenvalue weighted by molar-refractivity contribution is 0.548. The number of hydrogen-bond acceptors (Lipinski definition) is 3. The molecule has 6 heteroatoms. The summed E-state index contributed by atoms with van der Waals surface area (Å²) in [6, 6.07) is 0. The standard InChI is InChI=1S/C10H15N5O/c1-3-4-15-9(11-8-12-15)7-14-6-5-13(2)10(14)16/h5-6,8H,3-4,7H2,1-2H3. The Balaban J connectivity index is 2.23. The number of aryl methyl sites for hydroxylation is 2. The fraction of sp³-hybridized carbons (Fsp3) is 0.500. The third-order valence-electron chi connectivity index (χ3n) is 2.46. The van der Waals surface area contributed by atoms with Crippen LogP contribution in [0.15, 0.2) is 23.5 Å².